The van der Waals surface area contributed by atoms with Crippen LogP contribution < -0.4 is 10.9 Å². The van der Waals surface area contributed by atoms with Crippen LogP contribution in [-0.2, 0) is 4.79 Å². The van der Waals surface area contributed by atoms with E-state index in [4.69, 9.17) is 17.3 Å². The van der Waals surface area contributed by atoms with Gasteiger partial charge in [-0.25, -0.2) is 9.78 Å². The molecule has 3 rings (SSSR count). The van der Waals surface area contributed by atoms with E-state index in [9.17, 15) is 14.4 Å². The number of imidazole rings is 1. The van der Waals surface area contributed by atoms with E-state index in [0.717, 1.165) is 0 Å². The number of anilines is 1. The Morgan fingerprint density at radius 1 is 1.28 bits per heavy atom. The van der Waals surface area contributed by atoms with Gasteiger partial charge >= 0.3 is 5.97 Å². The van der Waals surface area contributed by atoms with Gasteiger partial charge in [-0.05, 0) is 43.4 Å². The molecule has 0 radical (unpaired) electrons. The average molecular weight is 359 g/mol. The Morgan fingerprint density at radius 2 is 1.96 bits per heavy atom. The highest BCUT2D eigenvalue weighted by Gasteiger charge is 2.19. The van der Waals surface area contributed by atoms with Gasteiger partial charge in [0.15, 0.2) is 10.3 Å². The van der Waals surface area contributed by atoms with Crippen molar-refractivity contribution in [3.05, 3.63) is 51.3 Å². The van der Waals surface area contributed by atoms with E-state index in [0.29, 0.717) is 11.3 Å². The van der Waals surface area contributed by atoms with Gasteiger partial charge in [-0.2, -0.15) is 0 Å². The first-order chi connectivity index (χ1) is 11.9. The summed E-state index contributed by atoms with van der Waals surface area (Å²) in [6, 6.07) is 5.10. The average Bonchev–Trinajstić information content (AvgIpc) is 2.98. The predicted molar refractivity (Wildman–Crippen MR) is 92.3 cm³/mol. The van der Waals surface area contributed by atoms with Crippen molar-refractivity contribution in [3.63, 3.8) is 0 Å². The summed E-state index contributed by atoms with van der Waals surface area (Å²) >= 11 is 4.94. The van der Waals surface area contributed by atoms with Crippen LogP contribution in [0.25, 0.3) is 11.2 Å². The number of carboxylic acid groups (broad SMARTS) is 1. The number of benzene rings is 1. The van der Waals surface area contributed by atoms with E-state index in [1.807, 2.05) is 0 Å². The second-order valence-electron chi connectivity index (χ2n) is 5.31. The van der Waals surface area contributed by atoms with Crippen molar-refractivity contribution in [3.8, 4) is 0 Å². The number of nitrogens with zero attached hydrogens (tertiary/aromatic N) is 2. The summed E-state index contributed by atoms with van der Waals surface area (Å²) in [6.45, 7) is 1.64. The first-order valence-electron chi connectivity index (χ1n) is 7.20. The Kier molecular flexibility index (Phi) is 4.19. The third kappa shape index (κ3) is 3.19. The minimum atomic E-state index is -1.04. The van der Waals surface area contributed by atoms with Gasteiger partial charge in [0.25, 0.3) is 5.56 Å². The summed E-state index contributed by atoms with van der Waals surface area (Å²) in [5, 5.41) is 11.6. The van der Waals surface area contributed by atoms with Gasteiger partial charge in [-0.1, -0.05) is 0 Å². The quantitative estimate of drug-likeness (QED) is 0.524. The van der Waals surface area contributed by atoms with Gasteiger partial charge in [0.2, 0.25) is 5.91 Å². The molecule has 0 fully saturated rings. The van der Waals surface area contributed by atoms with Crippen LogP contribution in [0.1, 0.15) is 23.3 Å². The number of carboxylic acids is 1. The van der Waals surface area contributed by atoms with Crippen LogP contribution in [0, 0.1) is 4.77 Å². The maximum absolute atomic E-state index is 12.4. The standard InChI is InChI=1S/C15H13N5O4S/c1-7(12(21)17-9-4-2-8(3-5-9)14(23)24)20-6-16-10-11(20)18-15(25)19-13(10)22/h2-7H,1H3,(H,17,21)(H,23,24)(H2,18,19,22,25). The minimum Gasteiger partial charge on any atom is -0.478 e. The molecular formula is C15H13N5O4S. The summed E-state index contributed by atoms with van der Waals surface area (Å²) < 4.78 is 1.64. The summed E-state index contributed by atoms with van der Waals surface area (Å²) in [7, 11) is 0. The molecule has 0 bridgehead atoms. The van der Waals surface area contributed by atoms with Crippen LogP contribution in [0.5, 0.6) is 0 Å². The van der Waals surface area contributed by atoms with Crippen molar-refractivity contribution in [2.45, 2.75) is 13.0 Å². The molecule has 2 aromatic heterocycles. The minimum absolute atomic E-state index is 0.124. The zero-order valence-corrected chi connectivity index (χ0v) is 13.8. The van der Waals surface area contributed by atoms with Gasteiger partial charge in [0.05, 0.1) is 11.9 Å². The molecular weight excluding hydrogens is 346 g/mol. The van der Waals surface area contributed by atoms with Crippen molar-refractivity contribution in [1.82, 2.24) is 19.5 Å². The first kappa shape index (κ1) is 16.6. The second-order valence-corrected chi connectivity index (χ2v) is 5.71. The molecule has 0 saturated heterocycles. The van der Waals surface area contributed by atoms with Crippen molar-refractivity contribution in [2.24, 2.45) is 0 Å². The number of aromatic amines is 2. The Morgan fingerprint density at radius 3 is 2.60 bits per heavy atom. The maximum Gasteiger partial charge on any atom is 0.335 e. The van der Waals surface area contributed by atoms with E-state index in [1.165, 1.54) is 35.2 Å². The number of carbonyl (C=O) groups excluding carboxylic acids is 1. The number of hydrogen-bond donors (Lipinski definition) is 4. The topological polar surface area (TPSA) is 133 Å². The fourth-order valence-corrected chi connectivity index (χ4v) is 2.50. The molecule has 0 aliphatic heterocycles. The van der Waals surface area contributed by atoms with Crippen LogP contribution in [0.4, 0.5) is 5.69 Å². The molecule has 1 amide bonds. The highest BCUT2D eigenvalue weighted by Crippen LogP contribution is 2.16. The van der Waals surface area contributed by atoms with Crippen molar-refractivity contribution >= 4 is 40.9 Å². The molecule has 2 heterocycles. The van der Waals surface area contributed by atoms with Crippen LogP contribution in [0.2, 0.25) is 0 Å². The number of aromatic carboxylic acids is 1. The number of H-pyrrole nitrogens is 2. The van der Waals surface area contributed by atoms with Crippen LogP contribution >= 0.6 is 12.2 Å². The fraction of sp³-hybridized carbons (Fsp3) is 0.133. The van der Waals surface area contributed by atoms with Gasteiger partial charge in [0.1, 0.15) is 11.7 Å². The molecule has 0 saturated carbocycles. The zero-order valence-electron chi connectivity index (χ0n) is 12.9. The summed E-state index contributed by atoms with van der Waals surface area (Å²) in [5.41, 5.74) is 0.640. The van der Waals surface area contributed by atoms with Gasteiger partial charge in [-0.3, -0.25) is 14.6 Å². The highest BCUT2D eigenvalue weighted by molar-refractivity contribution is 7.71. The second kappa shape index (κ2) is 6.32. The smallest absolute Gasteiger partial charge is 0.335 e. The Balaban J connectivity index is 1.86. The molecule has 1 atom stereocenters. The van der Waals surface area contributed by atoms with E-state index in [2.05, 4.69) is 20.3 Å². The molecule has 128 valence electrons. The van der Waals surface area contributed by atoms with Crippen molar-refractivity contribution in [2.75, 3.05) is 5.32 Å². The van der Waals surface area contributed by atoms with E-state index in [-0.39, 0.29) is 21.8 Å². The van der Waals surface area contributed by atoms with E-state index in [1.54, 1.807) is 6.92 Å². The number of nitrogens with one attached hydrogen (secondary N) is 3. The lowest BCUT2D eigenvalue weighted by molar-refractivity contribution is -0.118. The molecule has 4 N–H and O–H groups in total. The fourth-order valence-electron chi connectivity index (χ4n) is 2.31. The molecule has 9 nitrogen and oxygen atoms in total. The number of amides is 1. The monoisotopic (exact) mass is 359 g/mol. The molecule has 3 aromatic rings. The first-order valence-corrected chi connectivity index (χ1v) is 7.61. The Labute approximate surface area is 145 Å². The molecule has 0 spiro atoms. The number of fused-ring (bicyclic) bond motifs is 1. The predicted octanol–water partition coefficient (Wildman–Crippen LogP) is 1.68. The molecule has 1 aromatic carbocycles. The van der Waals surface area contributed by atoms with Crippen molar-refractivity contribution < 1.29 is 14.7 Å². The summed E-state index contributed by atoms with van der Waals surface area (Å²) in [6.07, 6.45) is 1.38. The molecule has 10 heteroatoms. The summed E-state index contributed by atoms with van der Waals surface area (Å²) in [5.74, 6) is -1.40. The zero-order chi connectivity index (χ0) is 18.1. The van der Waals surface area contributed by atoms with Crippen LogP contribution in [0.3, 0.4) is 0 Å². The van der Waals surface area contributed by atoms with E-state index >= 15 is 0 Å². The highest BCUT2D eigenvalue weighted by atomic mass is 32.1. The van der Waals surface area contributed by atoms with Crippen LogP contribution in [0.15, 0.2) is 35.4 Å². The molecule has 1 unspecified atom stereocenters. The molecule has 0 aliphatic rings. The van der Waals surface area contributed by atoms with Gasteiger partial charge in [-0.15, -0.1) is 0 Å². The SMILES string of the molecule is CC(C(=O)Nc1ccc(C(=O)O)cc1)n1cnc2c(=O)[nH]c(=S)[nH]c21. The number of aromatic nitrogens is 4. The lowest BCUT2D eigenvalue weighted by atomic mass is 10.2. The number of carbonyl (C=O) groups is 2. The lowest BCUT2D eigenvalue weighted by Gasteiger charge is -2.14. The number of rotatable bonds is 4. The molecule has 25 heavy (non-hydrogen) atoms. The third-order valence-electron chi connectivity index (χ3n) is 3.66. The number of hydrogen-bond acceptors (Lipinski definition) is 5. The normalized spacial score (nSPS) is 12.0. The third-order valence-corrected chi connectivity index (χ3v) is 3.87. The van der Waals surface area contributed by atoms with Gasteiger partial charge < -0.3 is 20.0 Å². The maximum atomic E-state index is 12.4. The lowest BCUT2D eigenvalue weighted by Crippen LogP contribution is -2.23. The molecule has 0 aliphatic carbocycles. The Bertz CT molecular complexity index is 1080. The van der Waals surface area contributed by atoms with Gasteiger partial charge in [0, 0.05) is 5.69 Å². The van der Waals surface area contributed by atoms with Crippen molar-refractivity contribution in [1.29, 1.82) is 0 Å². The largest absolute Gasteiger partial charge is 0.478 e. The Hall–Kier alpha value is -3.27. The summed E-state index contributed by atoms with van der Waals surface area (Å²) in [4.78, 5) is 44.3. The van der Waals surface area contributed by atoms with E-state index < -0.39 is 17.6 Å². The van der Waals surface area contributed by atoms with Crippen LogP contribution in [-0.4, -0.2) is 36.5 Å².